The number of nitrogens with zero attached hydrogens (tertiary/aromatic N) is 4. The molecule has 9 aromatic carbocycles. The summed E-state index contributed by atoms with van der Waals surface area (Å²) in [6, 6.07) is 61.6. The first kappa shape index (κ1) is 38.3. The smallest absolute Gasteiger partial charge is 0.309 e. The maximum Gasteiger partial charge on any atom is 0.416 e. The van der Waals surface area contributed by atoms with E-state index < -0.39 is 11.7 Å². The first-order chi connectivity index (χ1) is 32.3. The van der Waals surface area contributed by atoms with Gasteiger partial charge in [0.25, 0.3) is 0 Å². The number of hydrogen-bond donors (Lipinski definition) is 0. The Balaban J connectivity index is 1.14. The highest BCUT2D eigenvalue weighted by atomic mass is 32.1. The van der Waals surface area contributed by atoms with Crippen LogP contribution in [0, 0.1) is 22.7 Å². The molecule has 4 nitrogen and oxygen atoms in total. The summed E-state index contributed by atoms with van der Waals surface area (Å²) in [7, 11) is 0. The number of fused-ring (bicyclic) bond motifs is 14. The van der Waals surface area contributed by atoms with Crippen LogP contribution in [-0.2, 0) is 6.18 Å². The Labute approximate surface area is 382 Å². The van der Waals surface area contributed by atoms with E-state index in [9.17, 15) is 23.7 Å². The van der Waals surface area contributed by atoms with Crippen molar-refractivity contribution in [3.8, 4) is 45.8 Å². The predicted molar refractivity (Wildman–Crippen MR) is 266 cm³/mol. The fraction of sp³-hybridized carbons (Fsp3) is 0.0175. The summed E-state index contributed by atoms with van der Waals surface area (Å²) >= 11 is 3.53. The van der Waals surface area contributed by atoms with Gasteiger partial charge >= 0.3 is 6.18 Å². The Hall–Kier alpha value is -8.21. The van der Waals surface area contributed by atoms with Crippen molar-refractivity contribution < 1.29 is 13.2 Å². The number of para-hydroxylation sites is 2. The summed E-state index contributed by atoms with van der Waals surface area (Å²) in [5, 5.41) is 30.2. The van der Waals surface area contributed by atoms with Gasteiger partial charge in [0.1, 0.15) is 0 Å². The van der Waals surface area contributed by atoms with Crippen molar-refractivity contribution in [3.63, 3.8) is 0 Å². The molecule has 4 heterocycles. The van der Waals surface area contributed by atoms with Crippen LogP contribution >= 0.6 is 22.7 Å². The molecule has 0 atom stereocenters. The molecule has 13 aromatic rings. The second kappa shape index (κ2) is 14.1. The van der Waals surface area contributed by atoms with Crippen molar-refractivity contribution in [1.82, 2.24) is 9.13 Å². The fourth-order valence-electron chi connectivity index (χ4n) is 10.2. The zero-order chi connectivity index (χ0) is 44.4. The number of nitriles is 2. The molecule has 0 fully saturated rings. The highest BCUT2D eigenvalue weighted by molar-refractivity contribution is 7.27. The third-order valence-corrected chi connectivity index (χ3v) is 15.4. The molecule has 66 heavy (non-hydrogen) atoms. The number of hydrogen-bond acceptors (Lipinski definition) is 4. The first-order valence-corrected chi connectivity index (χ1v) is 22.9. The van der Waals surface area contributed by atoms with Gasteiger partial charge in [0.05, 0.1) is 56.6 Å². The maximum absolute atomic E-state index is 14.2. The monoisotopic (exact) mass is 890 g/mol. The fourth-order valence-corrected chi connectivity index (χ4v) is 12.7. The van der Waals surface area contributed by atoms with Crippen LogP contribution in [0.25, 0.3) is 118 Å². The van der Waals surface area contributed by atoms with Crippen LogP contribution in [-0.4, -0.2) is 9.13 Å². The van der Waals surface area contributed by atoms with Crippen molar-refractivity contribution >= 4 is 107 Å². The van der Waals surface area contributed by atoms with E-state index in [2.05, 4.69) is 130 Å². The SMILES string of the molecule is N#Cc1ccc(-n2c3ccccc3c3c4sc5ccccc5c4ccc32)c(-c2cc(-n3c4ccccc4c4c5sc6ccccc6c5ccc43)ccc2-c2ccc(C(F)(F)F)cc2C#N)c1. The van der Waals surface area contributed by atoms with E-state index in [1.165, 1.54) is 46.4 Å². The third kappa shape index (κ3) is 5.48. The molecular formula is C57H29F3N4S2. The maximum atomic E-state index is 14.2. The van der Waals surface area contributed by atoms with Gasteiger partial charge in [0, 0.05) is 78.7 Å². The highest BCUT2D eigenvalue weighted by Gasteiger charge is 2.32. The van der Waals surface area contributed by atoms with Gasteiger partial charge in [-0.05, 0) is 90.0 Å². The summed E-state index contributed by atoms with van der Waals surface area (Å²) < 4.78 is 51.7. The van der Waals surface area contributed by atoms with Gasteiger partial charge in [-0.1, -0.05) is 97.1 Å². The standard InChI is InChI=1S/C57H29F3N4S2/c58-57(59,60)34-18-20-36(33(28-34)31-62)37-21-19-35(63-46-13-5-1-11-42(46)53-49(63)25-22-40-38-9-3-7-15-51(38)65-55(40)53)29-44(37)45-27-32(30-61)17-24-48(45)64-47-14-6-2-12-43(47)54-50(64)26-23-41-39-10-4-8-16-52(39)66-56(41)54/h1-29H. The van der Waals surface area contributed by atoms with Crippen LogP contribution in [0.5, 0.6) is 0 Å². The lowest BCUT2D eigenvalue weighted by molar-refractivity contribution is -0.137. The lowest BCUT2D eigenvalue weighted by Gasteiger charge is -2.20. The largest absolute Gasteiger partial charge is 0.416 e. The predicted octanol–water partition coefficient (Wildman–Crippen LogP) is 16.7. The van der Waals surface area contributed by atoms with Crippen LogP contribution in [0.2, 0.25) is 0 Å². The molecule has 0 saturated heterocycles. The zero-order valence-electron chi connectivity index (χ0n) is 34.5. The minimum Gasteiger partial charge on any atom is -0.309 e. The quantitative estimate of drug-likeness (QED) is 0.177. The zero-order valence-corrected chi connectivity index (χ0v) is 36.1. The molecule has 0 saturated carbocycles. The van der Waals surface area contributed by atoms with Crippen LogP contribution in [0.15, 0.2) is 176 Å². The van der Waals surface area contributed by atoms with Crippen LogP contribution < -0.4 is 0 Å². The number of benzene rings is 9. The van der Waals surface area contributed by atoms with Crippen LogP contribution in [0.4, 0.5) is 13.2 Å². The van der Waals surface area contributed by atoms with Gasteiger partial charge in [0.2, 0.25) is 0 Å². The van der Waals surface area contributed by atoms with Crippen molar-refractivity contribution in [2.45, 2.75) is 6.18 Å². The second-order valence-corrected chi connectivity index (χ2v) is 18.6. The molecule has 0 aliphatic heterocycles. The topological polar surface area (TPSA) is 57.4 Å². The number of aromatic nitrogens is 2. The van der Waals surface area contributed by atoms with Crippen molar-refractivity contribution in [3.05, 3.63) is 193 Å². The molecule has 0 spiro atoms. The van der Waals surface area contributed by atoms with E-state index in [1.807, 2.05) is 48.5 Å². The van der Waals surface area contributed by atoms with Gasteiger partial charge < -0.3 is 9.13 Å². The molecular weight excluding hydrogens is 862 g/mol. The molecule has 0 bridgehead atoms. The minimum atomic E-state index is -4.64. The number of halogens is 3. The molecule has 9 heteroatoms. The van der Waals surface area contributed by atoms with E-state index in [-0.39, 0.29) is 5.56 Å². The molecule has 0 unspecified atom stereocenters. The average molecular weight is 891 g/mol. The summed E-state index contributed by atoms with van der Waals surface area (Å²) in [5.41, 5.74) is 7.16. The molecule has 0 aliphatic carbocycles. The number of alkyl halides is 3. The Kier molecular flexibility index (Phi) is 8.20. The molecule has 0 amide bonds. The van der Waals surface area contributed by atoms with E-state index in [0.717, 1.165) is 67.1 Å². The summed E-state index contributed by atoms with van der Waals surface area (Å²) in [4.78, 5) is 0. The van der Waals surface area contributed by atoms with Gasteiger partial charge in [-0.25, -0.2) is 0 Å². The van der Waals surface area contributed by atoms with Crippen LogP contribution in [0.3, 0.4) is 0 Å². The molecule has 4 aromatic heterocycles. The summed E-state index contributed by atoms with van der Waals surface area (Å²) in [6.07, 6.45) is -4.64. The number of rotatable bonds is 4. The van der Waals surface area contributed by atoms with Crippen molar-refractivity contribution in [2.75, 3.05) is 0 Å². The van der Waals surface area contributed by atoms with Gasteiger partial charge in [-0.3, -0.25) is 0 Å². The molecule has 0 N–H and O–H groups in total. The van der Waals surface area contributed by atoms with E-state index in [0.29, 0.717) is 27.8 Å². The van der Waals surface area contributed by atoms with Crippen molar-refractivity contribution in [2.24, 2.45) is 0 Å². The Bertz CT molecular complexity index is 4320. The molecule has 310 valence electrons. The van der Waals surface area contributed by atoms with Crippen LogP contribution in [0.1, 0.15) is 16.7 Å². The van der Waals surface area contributed by atoms with E-state index in [1.54, 1.807) is 22.7 Å². The Morgan fingerprint density at radius 3 is 1.59 bits per heavy atom. The highest BCUT2D eigenvalue weighted by Crippen LogP contribution is 2.48. The Morgan fingerprint density at radius 2 is 0.985 bits per heavy atom. The lowest BCUT2D eigenvalue weighted by atomic mass is 9.89. The summed E-state index contributed by atoms with van der Waals surface area (Å²) in [5.74, 6) is 0. The Morgan fingerprint density at radius 1 is 0.424 bits per heavy atom. The second-order valence-electron chi connectivity index (χ2n) is 16.5. The lowest BCUT2D eigenvalue weighted by Crippen LogP contribution is -2.06. The molecule has 13 rings (SSSR count). The molecule has 0 aliphatic rings. The average Bonchev–Trinajstić information content (AvgIpc) is 4.11. The minimum absolute atomic E-state index is 0.107. The summed E-state index contributed by atoms with van der Waals surface area (Å²) in [6.45, 7) is 0. The normalized spacial score (nSPS) is 12.1. The first-order valence-electron chi connectivity index (χ1n) is 21.3. The third-order valence-electron chi connectivity index (χ3n) is 13.0. The van der Waals surface area contributed by atoms with E-state index >= 15 is 0 Å². The molecule has 0 radical (unpaired) electrons. The van der Waals surface area contributed by atoms with Gasteiger partial charge in [0.15, 0.2) is 0 Å². The van der Waals surface area contributed by atoms with Gasteiger partial charge in [-0.2, -0.15) is 23.7 Å². The number of thiophene rings is 2. The van der Waals surface area contributed by atoms with Crippen molar-refractivity contribution in [1.29, 1.82) is 10.5 Å². The van der Waals surface area contributed by atoms with Gasteiger partial charge in [-0.15, -0.1) is 22.7 Å². The van der Waals surface area contributed by atoms with E-state index in [4.69, 9.17) is 0 Å².